The molecule has 2 aromatic rings. The first-order valence-electron chi connectivity index (χ1n) is 9.88. The number of hydrogen-bond acceptors (Lipinski definition) is 5. The molecule has 2 aliphatic heterocycles. The summed E-state index contributed by atoms with van der Waals surface area (Å²) in [5.41, 5.74) is 2.52. The standard InChI is InChI=1S/C21H28N4O2/c1-15-5-7-17(8-6-15)12-18-4-3-9-25(18)21-22-19(13-20(26)23-21)24-10-11-27-16(2)14-24/h5-8,13,16,18H,3-4,9-12,14H2,1-2H3,(H,22,23,26)/t16-,18-/m1/s1. The van der Waals surface area contributed by atoms with Crippen molar-refractivity contribution in [3.05, 3.63) is 51.8 Å². The summed E-state index contributed by atoms with van der Waals surface area (Å²) in [5.74, 6) is 1.45. The number of aryl methyl sites for hydroxylation is 1. The second-order valence-electron chi connectivity index (χ2n) is 7.73. The monoisotopic (exact) mass is 368 g/mol. The van der Waals surface area contributed by atoms with Crippen LogP contribution >= 0.6 is 0 Å². The van der Waals surface area contributed by atoms with Gasteiger partial charge in [-0.2, -0.15) is 4.98 Å². The van der Waals surface area contributed by atoms with Crippen LogP contribution < -0.4 is 15.4 Å². The number of aromatic nitrogens is 2. The Hall–Kier alpha value is -2.34. The molecule has 1 aromatic carbocycles. The fourth-order valence-electron chi connectivity index (χ4n) is 4.08. The van der Waals surface area contributed by atoms with Crippen LogP contribution in [0.3, 0.4) is 0 Å². The van der Waals surface area contributed by atoms with Crippen molar-refractivity contribution in [2.75, 3.05) is 36.0 Å². The largest absolute Gasteiger partial charge is 0.375 e. The van der Waals surface area contributed by atoms with Gasteiger partial charge < -0.3 is 14.5 Å². The van der Waals surface area contributed by atoms with Crippen molar-refractivity contribution in [2.45, 2.75) is 45.3 Å². The van der Waals surface area contributed by atoms with Crippen molar-refractivity contribution in [3.8, 4) is 0 Å². The number of aromatic amines is 1. The van der Waals surface area contributed by atoms with E-state index in [1.165, 1.54) is 11.1 Å². The van der Waals surface area contributed by atoms with Crippen LogP contribution in [0.25, 0.3) is 0 Å². The van der Waals surface area contributed by atoms with Gasteiger partial charge in [0.2, 0.25) is 5.95 Å². The van der Waals surface area contributed by atoms with Crippen LogP contribution in [-0.2, 0) is 11.2 Å². The second-order valence-corrected chi connectivity index (χ2v) is 7.73. The van der Waals surface area contributed by atoms with E-state index in [1.54, 1.807) is 6.07 Å². The van der Waals surface area contributed by atoms with Crippen LogP contribution in [0.15, 0.2) is 35.1 Å². The van der Waals surface area contributed by atoms with Gasteiger partial charge in [0.05, 0.1) is 12.7 Å². The Balaban J connectivity index is 1.56. The van der Waals surface area contributed by atoms with Crippen molar-refractivity contribution < 1.29 is 4.74 Å². The maximum Gasteiger partial charge on any atom is 0.254 e. The minimum Gasteiger partial charge on any atom is -0.375 e. The summed E-state index contributed by atoms with van der Waals surface area (Å²) >= 11 is 0. The number of anilines is 2. The van der Waals surface area contributed by atoms with Crippen molar-refractivity contribution in [1.29, 1.82) is 0 Å². The number of benzene rings is 1. The Kier molecular flexibility index (Phi) is 5.16. The number of H-pyrrole nitrogens is 1. The molecule has 0 unspecified atom stereocenters. The highest BCUT2D eigenvalue weighted by Crippen LogP contribution is 2.26. The molecule has 1 aromatic heterocycles. The highest BCUT2D eigenvalue weighted by atomic mass is 16.5. The smallest absolute Gasteiger partial charge is 0.254 e. The summed E-state index contributed by atoms with van der Waals surface area (Å²) < 4.78 is 5.62. The number of ether oxygens (including phenoxy) is 1. The van der Waals surface area contributed by atoms with Crippen LogP contribution in [0.5, 0.6) is 0 Å². The van der Waals surface area contributed by atoms with Gasteiger partial charge >= 0.3 is 0 Å². The third-order valence-electron chi connectivity index (χ3n) is 5.52. The molecule has 0 spiro atoms. The van der Waals surface area contributed by atoms with Gasteiger partial charge in [-0.3, -0.25) is 9.78 Å². The van der Waals surface area contributed by atoms with Crippen molar-refractivity contribution in [3.63, 3.8) is 0 Å². The Morgan fingerprint density at radius 2 is 2.07 bits per heavy atom. The van der Waals surface area contributed by atoms with Gasteiger partial charge in [-0.1, -0.05) is 29.8 Å². The number of rotatable bonds is 4. The van der Waals surface area contributed by atoms with E-state index in [0.717, 1.165) is 44.7 Å². The van der Waals surface area contributed by atoms with Gasteiger partial charge in [0, 0.05) is 31.7 Å². The van der Waals surface area contributed by atoms with E-state index in [2.05, 4.69) is 52.9 Å². The lowest BCUT2D eigenvalue weighted by molar-refractivity contribution is 0.0529. The molecule has 27 heavy (non-hydrogen) atoms. The van der Waals surface area contributed by atoms with Gasteiger partial charge in [-0.15, -0.1) is 0 Å². The lowest BCUT2D eigenvalue weighted by Crippen LogP contribution is -2.42. The number of nitrogens with one attached hydrogen (secondary N) is 1. The zero-order chi connectivity index (χ0) is 18.8. The lowest BCUT2D eigenvalue weighted by Gasteiger charge is -2.33. The summed E-state index contributed by atoms with van der Waals surface area (Å²) in [4.78, 5) is 24.5. The SMILES string of the molecule is Cc1ccc(C[C@H]2CCCN2c2nc(N3CCO[C@H](C)C3)cc(=O)[nH]2)cc1. The van der Waals surface area contributed by atoms with E-state index >= 15 is 0 Å². The fraction of sp³-hybridized carbons (Fsp3) is 0.524. The van der Waals surface area contributed by atoms with E-state index < -0.39 is 0 Å². The van der Waals surface area contributed by atoms with Gasteiger partial charge in [-0.05, 0) is 38.7 Å². The first-order valence-corrected chi connectivity index (χ1v) is 9.88. The van der Waals surface area contributed by atoms with Crippen molar-refractivity contribution in [1.82, 2.24) is 9.97 Å². The van der Waals surface area contributed by atoms with Crippen LogP contribution in [0.2, 0.25) is 0 Å². The molecule has 2 atom stereocenters. The molecule has 2 fully saturated rings. The summed E-state index contributed by atoms with van der Waals surface area (Å²) in [6.07, 6.45) is 3.38. The molecule has 0 bridgehead atoms. The fourth-order valence-corrected chi connectivity index (χ4v) is 4.08. The van der Waals surface area contributed by atoms with Crippen LogP contribution in [0, 0.1) is 6.92 Å². The molecule has 6 heteroatoms. The van der Waals surface area contributed by atoms with Gasteiger partial charge in [0.15, 0.2) is 0 Å². The molecule has 0 aliphatic carbocycles. The summed E-state index contributed by atoms with van der Waals surface area (Å²) in [5, 5.41) is 0. The van der Waals surface area contributed by atoms with Gasteiger partial charge in [-0.25, -0.2) is 0 Å². The molecule has 0 saturated carbocycles. The maximum absolute atomic E-state index is 12.3. The molecule has 144 valence electrons. The highest BCUT2D eigenvalue weighted by molar-refractivity contribution is 5.45. The van der Waals surface area contributed by atoms with Crippen LogP contribution in [0.1, 0.15) is 30.9 Å². The van der Waals surface area contributed by atoms with Gasteiger partial charge in [0.25, 0.3) is 5.56 Å². The quantitative estimate of drug-likeness (QED) is 0.899. The minimum absolute atomic E-state index is 0.0878. The molecule has 1 N–H and O–H groups in total. The van der Waals surface area contributed by atoms with Gasteiger partial charge in [0.1, 0.15) is 5.82 Å². The predicted molar refractivity (Wildman–Crippen MR) is 108 cm³/mol. The highest BCUT2D eigenvalue weighted by Gasteiger charge is 2.28. The molecule has 2 saturated heterocycles. The normalized spacial score (nSPS) is 23.0. The predicted octanol–water partition coefficient (Wildman–Crippen LogP) is 2.51. The Labute approximate surface area is 160 Å². The average Bonchev–Trinajstić information content (AvgIpc) is 3.11. The first-order chi connectivity index (χ1) is 13.1. The molecule has 0 amide bonds. The van der Waals surface area contributed by atoms with E-state index in [0.29, 0.717) is 18.6 Å². The van der Waals surface area contributed by atoms with E-state index in [1.807, 2.05) is 0 Å². The average molecular weight is 368 g/mol. The van der Waals surface area contributed by atoms with Crippen LogP contribution in [0.4, 0.5) is 11.8 Å². The molecular weight excluding hydrogens is 340 g/mol. The number of hydrogen-bond donors (Lipinski definition) is 1. The Morgan fingerprint density at radius 3 is 2.85 bits per heavy atom. The Morgan fingerprint density at radius 1 is 1.26 bits per heavy atom. The molecule has 6 nitrogen and oxygen atoms in total. The molecular formula is C21H28N4O2. The zero-order valence-electron chi connectivity index (χ0n) is 16.1. The van der Waals surface area contributed by atoms with E-state index in [9.17, 15) is 4.79 Å². The number of nitrogens with zero attached hydrogens (tertiary/aromatic N) is 3. The molecule has 3 heterocycles. The summed E-state index contributed by atoms with van der Waals surface area (Å²) in [6.45, 7) is 7.31. The second kappa shape index (κ2) is 7.72. The molecule has 0 radical (unpaired) electrons. The summed E-state index contributed by atoms with van der Waals surface area (Å²) in [7, 11) is 0. The molecule has 2 aliphatic rings. The Bertz CT molecular complexity index is 833. The lowest BCUT2D eigenvalue weighted by atomic mass is 10.0. The van der Waals surface area contributed by atoms with E-state index in [4.69, 9.17) is 9.72 Å². The third kappa shape index (κ3) is 4.16. The summed E-state index contributed by atoms with van der Waals surface area (Å²) in [6, 6.07) is 10.7. The topological polar surface area (TPSA) is 61.5 Å². The number of morpholine rings is 1. The maximum atomic E-state index is 12.3. The zero-order valence-corrected chi connectivity index (χ0v) is 16.1. The van der Waals surface area contributed by atoms with Crippen LogP contribution in [-0.4, -0.2) is 48.4 Å². The molecule has 4 rings (SSSR count). The van der Waals surface area contributed by atoms with E-state index in [-0.39, 0.29) is 11.7 Å². The first kappa shape index (κ1) is 18.0. The van der Waals surface area contributed by atoms with Crippen molar-refractivity contribution >= 4 is 11.8 Å². The minimum atomic E-state index is -0.0878. The van der Waals surface area contributed by atoms with Crippen molar-refractivity contribution in [2.24, 2.45) is 0 Å². The third-order valence-corrected chi connectivity index (χ3v) is 5.52.